The maximum atomic E-state index is 4.97. The van der Waals surface area contributed by atoms with E-state index in [0.29, 0.717) is 0 Å². The molecule has 0 N–H and O–H groups in total. The first-order valence-corrected chi connectivity index (χ1v) is 12.7. The molecule has 5 aromatic carbocycles. The second kappa shape index (κ2) is 7.50. The van der Waals surface area contributed by atoms with Crippen molar-refractivity contribution in [2.24, 2.45) is 0 Å². The Morgan fingerprint density at radius 1 is 0.611 bits per heavy atom. The molecule has 2 aliphatic carbocycles. The fourth-order valence-corrected chi connectivity index (χ4v) is 6.45. The van der Waals surface area contributed by atoms with Crippen LogP contribution in [-0.2, 0) is 6.42 Å². The highest BCUT2D eigenvalue weighted by molar-refractivity contribution is 6.21. The zero-order valence-electron chi connectivity index (χ0n) is 19.8. The first-order chi connectivity index (χ1) is 17.9. The van der Waals surface area contributed by atoms with Gasteiger partial charge in [-0.2, -0.15) is 0 Å². The first-order valence-electron chi connectivity index (χ1n) is 12.7. The lowest BCUT2D eigenvalue weighted by Gasteiger charge is -2.26. The van der Waals surface area contributed by atoms with Gasteiger partial charge in [0.15, 0.2) is 0 Å². The minimum Gasteiger partial charge on any atom is -0.256 e. The van der Waals surface area contributed by atoms with Crippen LogP contribution in [0.1, 0.15) is 23.1 Å². The lowest BCUT2D eigenvalue weighted by molar-refractivity contribution is 1.23. The maximum Gasteiger partial charge on any atom is 0.0792 e. The maximum absolute atomic E-state index is 4.97. The fourth-order valence-electron chi connectivity index (χ4n) is 6.45. The van der Waals surface area contributed by atoms with Crippen molar-refractivity contribution in [1.82, 2.24) is 4.98 Å². The van der Waals surface area contributed by atoms with E-state index in [-0.39, 0.29) is 0 Å². The molecular formula is C35H23N. The van der Waals surface area contributed by atoms with Gasteiger partial charge in [0.25, 0.3) is 0 Å². The number of rotatable bonds is 2. The Balaban J connectivity index is 1.54. The molecule has 0 radical (unpaired) electrons. The molecule has 36 heavy (non-hydrogen) atoms. The molecule has 0 spiro atoms. The Labute approximate surface area is 210 Å². The predicted octanol–water partition coefficient (Wildman–Crippen LogP) is 9.23. The Morgan fingerprint density at radius 2 is 1.39 bits per heavy atom. The molecule has 0 amide bonds. The molecule has 0 atom stereocenters. The molecule has 1 heterocycles. The van der Waals surface area contributed by atoms with E-state index in [0.717, 1.165) is 18.4 Å². The molecule has 0 bridgehead atoms. The van der Waals surface area contributed by atoms with Crippen molar-refractivity contribution >= 4 is 44.1 Å². The lowest BCUT2D eigenvalue weighted by atomic mass is 9.78. The standard InChI is InChI=1S/C35H23N/c1-2-8-22(9-3-1)33-26-12-4-5-13-27(26)34(30-14-7-21-36-35(30)33)29-20-18-25-16-15-23-10-6-11-24-17-19-28(29)32(25)31(23)24/h1-10,12-18,20-21H,11,19H2. The Bertz CT molecular complexity index is 1870. The van der Waals surface area contributed by atoms with Crippen LogP contribution in [0.15, 0.2) is 109 Å². The molecule has 1 aromatic heterocycles. The zero-order valence-corrected chi connectivity index (χ0v) is 19.8. The highest BCUT2D eigenvalue weighted by Crippen LogP contribution is 2.48. The molecule has 0 unspecified atom stereocenters. The summed E-state index contributed by atoms with van der Waals surface area (Å²) in [4.78, 5) is 4.97. The molecule has 0 saturated heterocycles. The summed E-state index contributed by atoms with van der Waals surface area (Å²) < 4.78 is 0. The van der Waals surface area contributed by atoms with E-state index in [1.807, 2.05) is 6.20 Å². The monoisotopic (exact) mass is 457 g/mol. The Kier molecular flexibility index (Phi) is 4.12. The first kappa shape index (κ1) is 19.8. The summed E-state index contributed by atoms with van der Waals surface area (Å²) in [6.07, 6.45) is 10.9. The van der Waals surface area contributed by atoms with Gasteiger partial charge in [-0.05, 0) is 79.4 Å². The number of hydrogen-bond donors (Lipinski definition) is 0. The van der Waals surface area contributed by atoms with Crippen LogP contribution in [0.3, 0.4) is 0 Å². The van der Waals surface area contributed by atoms with Crippen LogP contribution in [0.25, 0.3) is 66.4 Å². The van der Waals surface area contributed by atoms with Crippen molar-refractivity contribution in [3.8, 4) is 22.3 Å². The second-order valence-electron chi connectivity index (χ2n) is 9.82. The summed E-state index contributed by atoms with van der Waals surface area (Å²) in [5, 5.41) is 6.51. The van der Waals surface area contributed by atoms with Gasteiger partial charge in [0.05, 0.1) is 5.52 Å². The highest BCUT2D eigenvalue weighted by Gasteiger charge is 2.24. The Hall–Kier alpha value is -4.49. The number of allylic oxidation sites excluding steroid dienone is 3. The quantitative estimate of drug-likeness (QED) is 0.236. The van der Waals surface area contributed by atoms with E-state index < -0.39 is 0 Å². The van der Waals surface area contributed by atoms with Crippen molar-refractivity contribution in [3.63, 3.8) is 0 Å². The number of hydrogen-bond acceptors (Lipinski definition) is 1. The number of fused-ring (bicyclic) bond motifs is 2. The van der Waals surface area contributed by atoms with Crippen molar-refractivity contribution in [2.75, 3.05) is 0 Å². The van der Waals surface area contributed by atoms with Crippen molar-refractivity contribution in [2.45, 2.75) is 12.8 Å². The van der Waals surface area contributed by atoms with E-state index in [1.165, 1.54) is 71.4 Å². The number of benzene rings is 5. The highest BCUT2D eigenvalue weighted by atomic mass is 14.7. The molecule has 0 aliphatic heterocycles. The van der Waals surface area contributed by atoms with E-state index in [2.05, 4.69) is 109 Å². The van der Waals surface area contributed by atoms with Gasteiger partial charge in [-0.25, -0.2) is 0 Å². The van der Waals surface area contributed by atoms with Gasteiger partial charge >= 0.3 is 0 Å². The van der Waals surface area contributed by atoms with Crippen LogP contribution in [0.2, 0.25) is 0 Å². The van der Waals surface area contributed by atoms with Crippen LogP contribution < -0.4 is 0 Å². The molecule has 168 valence electrons. The smallest absolute Gasteiger partial charge is 0.0792 e. The van der Waals surface area contributed by atoms with Crippen LogP contribution >= 0.6 is 0 Å². The normalized spacial score (nSPS) is 13.9. The summed E-state index contributed by atoms with van der Waals surface area (Å²) in [7, 11) is 0. The van der Waals surface area contributed by atoms with Crippen LogP contribution in [0.5, 0.6) is 0 Å². The third-order valence-electron chi connectivity index (χ3n) is 7.95. The SMILES string of the molecule is C1=Cc2ccc3ccc(-c4c5ccccc5c(-c5ccccc5)c5ncccc45)c4c3c2C(=CC4)C1. The summed E-state index contributed by atoms with van der Waals surface area (Å²) in [5.41, 5.74) is 11.8. The summed E-state index contributed by atoms with van der Waals surface area (Å²) in [6.45, 7) is 0. The van der Waals surface area contributed by atoms with Crippen LogP contribution in [0, 0.1) is 0 Å². The van der Waals surface area contributed by atoms with Gasteiger partial charge in [-0.1, -0.05) is 103 Å². The average molecular weight is 458 g/mol. The molecule has 6 aromatic rings. The van der Waals surface area contributed by atoms with E-state index in [9.17, 15) is 0 Å². The topological polar surface area (TPSA) is 12.9 Å². The lowest BCUT2D eigenvalue weighted by Crippen LogP contribution is -2.05. The van der Waals surface area contributed by atoms with Crippen molar-refractivity contribution in [1.29, 1.82) is 0 Å². The van der Waals surface area contributed by atoms with Crippen LogP contribution in [-0.4, -0.2) is 4.98 Å². The minimum atomic E-state index is 0.961. The molecule has 1 heteroatoms. The molecule has 0 saturated carbocycles. The fraction of sp³-hybridized carbons (Fsp3) is 0.0571. The summed E-state index contributed by atoms with van der Waals surface area (Å²) >= 11 is 0. The third kappa shape index (κ3) is 2.69. The van der Waals surface area contributed by atoms with E-state index >= 15 is 0 Å². The number of nitrogens with zero attached hydrogens (tertiary/aromatic N) is 1. The average Bonchev–Trinajstić information content (AvgIpc) is 2.95. The van der Waals surface area contributed by atoms with Gasteiger partial charge in [0.2, 0.25) is 0 Å². The molecule has 1 nitrogen and oxygen atoms in total. The number of pyridine rings is 1. The van der Waals surface area contributed by atoms with Gasteiger partial charge in [0, 0.05) is 17.1 Å². The molecule has 0 fully saturated rings. The predicted molar refractivity (Wildman–Crippen MR) is 153 cm³/mol. The Morgan fingerprint density at radius 3 is 2.28 bits per heavy atom. The van der Waals surface area contributed by atoms with E-state index in [1.54, 1.807) is 0 Å². The van der Waals surface area contributed by atoms with Gasteiger partial charge < -0.3 is 0 Å². The molecule has 8 rings (SSSR count). The van der Waals surface area contributed by atoms with E-state index in [4.69, 9.17) is 4.98 Å². The van der Waals surface area contributed by atoms with Gasteiger partial charge in [0.1, 0.15) is 0 Å². The summed E-state index contributed by atoms with van der Waals surface area (Å²) in [5.74, 6) is 0. The zero-order chi connectivity index (χ0) is 23.6. The van der Waals surface area contributed by atoms with Crippen molar-refractivity contribution in [3.05, 3.63) is 126 Å². The summed E-state index contributed by atoms with van der Waals surface area (Å²) in [6, 6.07) is 33.1. The molecule has 2 aliphatic rings. The third-order valence-corrected chi connectivity index (χ3v) is 7.95. The van der Waals surface area contributed by atoms with Crippen molar-refractivity contribution < 1.29 is 0 Å². The largest absolute Gasteiger partial charge is 0.256 e. The second-order valence-corrected chi connectivity index (χ2v) is 9.82. The molecular weight excluding hydrogens is 434 g/mol. The number of aromatic nitrogens is 1. The minimum absolute atomic E-state index is 0.961. The van der Waals surface area contributed by atoms with Gasteiger partial charge in [-0.15, -0.1) is 0 Å². The van der Waals surface area contributed by atoms with Gasteiger partial charge in [-0.3, -0.25) is 4.98 Å². The van der Waals surface area contributed by atoms with Crippen LogP contribution in [0.4, 0.5) is 0 Å².